The van der Waals surface area contributed by atoms with E-state index in [-0.39, 0.29) is 0 Å². The first-order valence-corrected chi connectivity index (χ1v) is 10.9. The van der Waals surface area contributed by atoms with Gasteiger partial charge in [0.25, 0.3) is 5.89 Å². The highest BCUT2D eigenvalue weighted by Gasteiger charge is 2.58. The largest absolute Gasteiger partial charge is 0.403 e. The van der Waals surface area contributed by atoms with Crippen molar-refractivity contribution in [1.82, 2.24) is 35.6 Å². The number of benzene rings is 1. The number of aromatic nitrogens is 7. The van der Waals surface area contributed by atoms with Crippen molar-refractivity contribution in [2.24, 2.45) is 11.8 Å². The first-order chi connectivity index (χ1) is 15.7. The molecule has 0 amide bonds. The molecule has 2 aliphatic rings. The summed E-state index contributed by atoms with van der Waals surface area (Å²) in [6, 6.07) is 8.35. The summed E-state index contributed by atoms with van der Waals surface area (Å²) < 4.78 is 5.90. The van der Waals surface area contributed by atoms with E-state index in [0.717, 1.165) is 35.8 Å². The number of fused-ring (bicyclic) bond motifs is 1. The Hall–Kier alpha value is -3.53. The number of hydrogen-bond donors (Lipinski definition) is 2. The first kappa shape index (κ1) is 19.2. The SMILES string of the molecule is Clc1cccc(CCNc2ncc(-c3nnc(N4C[C@@H]5C(c6cn[nH]n6)[C@@H]5C4)o3)cn2)c1. The van der Waals surface area contributed by atoms with Gasteiger partial charge in [0, 0.05) is 43.0 Å². The van der Waals surface area contributed by atoms with Gasteiger partial charge in [-0.3, -0.25) is 0 Å². The molecule has 4 aromatic rings. The fraction of sp³-hybridized carbons (Fsp3) is 0.333. The molecule has 1 aliphatic heterocycles. The number of piperidine rings is 1. The second-order valence-electron chi connectivity index (χ2n) is 8.15. The molecule has 0 bridgehead atoms. The van der Waals surface area contributed by atoms with Crippen LogP contribution in [0.3, 0.4) is 0 Å². The van der Waals surface area contributed by atoms with Gasteiger partial charge in [0.2, 0.25) is 5.95 Å². The van der Waals surface area contributed by atoms with E-state index in [0.29, 0.717) is 47.7 Å². The number of nitrogens with zero attached hydrogens (tertiary/aromatic N) is 7. The summed E-state index contributed by atoms with van der Waals surface area (Å²) >= 11 is 6.02. The zero-order valence-corrected chi connectivity index (χ0v) is 17.8. The van der Waals surface area contributed by atoms with Gasteiger partial charge in [-0.2, -0.15) is 15.4 Å². The van der Waals surface area contributed by atoms with Crippen molar-refractivity contribution in [2.75, 3.05) is 29.9 Å². The van der Waals surface area contributed by atoms with E-state index in [1.54, 1.807) is 12.4 Å². The molecule has 6 rings (SSSR count). The van der Waals surface area contributed by atoms with Gasteiger partial charge in [-0.05, 0) is 36.0 Å². The van der Waals surface area contributed by atoms with Crippen molar-refractivity contribution in [1.29, 1.82) is 0 Å². The van der Waals surface area contributed by atoms with E-state index < -0.39 is 0 Å². The maximum Gasteiger partial charge on any atom is 0.318 e. The van der Waals surface area contributed by atoms with Gasteiger partial charge < -0.3 is 14.6 Å². The van der Waals surface area contributed by atoms with Gasteiger partial charge in [-0.15, -0.1) is 5.10 Å². The molecule has 0 radical (unpaired) electrons. The Morgan fingerprint density at radius 1 is 1.12 bits per heavy atom. The third kappa shape index (κ3) is 3.66. The standard InChI is InChI=1S/C21H20ClN9O/c22-14-3-1-2-12(6-14)4-5-23-20-24-7-13(8-25-20)19-28-29-21(32-19)31-10-15-16(11-31)18(15)17-9-26-30-27-17/h1-3,6-9,15-16,18H,4-5,10-11H2,(H,23,24,25)(H,26,27,30)/t15-,16+,18?. The van der Waals surface area contributed by atoms with E-state index in [1.165, 1.54) is 0 Å². The smallest absolute Gasteiger partial charge is 0.318 e. The maximum atomic E-state index is 6.02. The maximum absolute atomic E-state index is 6.02. The molecule has 2 N–H and O–H groups in total. The Labute approximate surface area is 188 Å². The third-order valence-corrected chi connectivity index (χ3v) is 6.37. The molecule has 0 spiro atoms. The number of anilines is 2. The summed E-state index contributed by atoms with van der Waals surface area (Å²) in [6.07, 6.45) is 6.02. The molecule has 1 aliphatic carbocycles. The van der Waals surface area contributed by atoms with Crippen LogP contribution in [0, 0.1) is 11.8 Å². The lowest BCUT2D eigenvalue weighted by atomic mass is 10.1. The molecule has 2 fully saturated rings. The molecule has 10 nitrogen and oxygen atoms in total. The summed E-state index contributed by atoms with van der Waals surface area (Å²) in [6.45, 7) is 2.47. The third-order valence-electron chi connectivity index (χ3n) is 6.14. The number of rotatable bonds is 7. The Bertz CT molecular complexity index is 1200. The van der Waals surface area contributed by atoms with Crippen LogP contribution in [-0.2, 0) is 6.42 Å². The molecule has 3 atom stereocenters. The topological polar surface area (TPSA) is 122 Å². The molecule has 1 saturated carbocycles. The number of halogens is 1. The Balaban J connectivity index is 1.04. The quantitative estimate of drug-likeness (QED) is 0.438. The molecular formula is C21H20ClN9O. The normalized spacial score (nSPS) is 21.5. The number of H-pyrrole nitrogens is 1. The van der Waals surface area contributed by atoms with Gasteiger partial charge in [0.15, 0.2) is 0 Å². The molecule has 1 saturated heterocycles. The predicted octanol–water partition coefficient (Wildman–Crippen LogP) is 2.80. The van der Waals surface area contributed by atoms with Crippen molar-refractivity contribution in [3.8, 4) is 11.5 Å². The van der Waals surface area contributed by atoms with E-state index in [2.05, 4.69) is 45.8 Å². The second kappa shape index (κ2) is 7.86. The van der Waals surface area contributed by atoms with Crippen LogP contribution in [0.1, 0.15) is 17.2 Å². The fourth-order valence-corrected chi connectivity index (χ4v) is 4.71. The van der Waals surface area contributed by atoms with Crippen LogP contribution in [0.15, 0.2) is 47.3 Å². The van der Waals surface area contributed by atoms with Crippen LogP contribution in [0.2, 0.25) is 5.02 Å². The highest BCUT2D eigenvalue weighted by atomic mass is 35.5. The van der Waals surface area contributed by atoms with E-state index in [4.69, 9.17) is 16.0 Å². The van der Waals surface area contributed by atoms with Crippen LogP contribution >= 0.6 is 11.6 Å². The van der Waals surface area contributed by atoms with Crippen molar-refractivity contribution in [3.63, 3.8) is 0 Å². The minimum atomic E-state index is 0.416. The highest BCUT2D eigenvalue weighted by molar-refractivity contribution is 6.30. The highest BCUT2D eigenvalue weighted by Crippen LogP contribution is 2.58. The molecule has 1 unspecified atom stereocenters. The van der Waals surface area contributed by atoms with Crippen LogP contribution in [0.25, 0.3) is 11.5 Å². The molecule has 1 aromatic carbocycles. The van der Waals surface area contributed by atoms with E-state index in [1.807, 2.05) is 30.5 Å². The lowest BCUT2D eigenvalue weighted by molar-refractivity contribution is 0.543. The van der Waals surface area contributed by atoms with Gasteiger partial charge >= 0.3 is 6.01 Å². The van der Waals surface area contributed by atoms with Crippen molar-refractivity contribution < 1.29 is 4.42 Å². The van der Waals surface area contributed by atoms with Crippen molar-refractivity contribution >= 4 is 23.6 Å². The zero-order chi connectivity index (χ0) is 21.5. The number of aromatic amines is 1. The summed E-state index contributed by atoms with van der Waals surface area (Å²) in [5.74, 6) is 2.58. The zero-order valence-electron chi connectivity index (χ0n) is 17.0. The number of hydrogen-bond acceptors (Lipinski definition) is 9. The first-order valence-electron chi connectivity index (χ1n) is 10.5. The summed E-state index contributed by atoms with van der Waals surface area (Å²) in [4.78, 5) is 10.9. The van der Waals surface area contributed by atoms with E-state index in [9.17, 15) is 0 Å². The van der Waals surface area contributed by atoms with Crippen molar-refractivity contribution in [2.45, 2.75) is 12.3 Å². The van der Waals surface area contributed by atoms with Crippen LogP contribution < -0.4 is 10.2 Å². The summed E-state index contributed by atoms with van der Waals surface area (Å²) in [5, 5.41) is 23.2. The minimum Gasteiger partial charge on any atom is -0.403 e. The molecule has 11 heteroatoms. The van der Waals surface area contributed by atoms with E-state index >= 15 is 0 Å². The van der Waals surface area contributed by atoms with Gasteiger partial charge in [-0.1, -0.05) is 28.8 Å². The molecule has 3 aromatic heterocycles. The minimum absolute atomic E-state index is 0.416. The molecule has 4 heterocycles. The second-order valence-corrected chi connectivity index (χ2v) is 8.58. The monoisotopic (exact) mass is 449 g/mol. The molecule has 32 heavy (non-hydrogen) atoms. The van der Waals surface area contributed by atoms with Gasteiger partial charge in [-0.25, -0.2) is 9.97 Å². The predicted molar refractivity (Wildman–Crippen MR) is 117 cm³/mol. The van der Waals surface area contributed by atoms with Crippen molar-refractivity contribution in [3.05, 3.63) is 59.1 Å². The lowest BCUT2D eigenvalue weighted by Gasteiger charge is -2.15. The van der Waals surface area contributed by atoms with Crippen LogP contribution in [0.5, 0.6) is 0 Å². The van der Waals surface area contributed by atoms with Gasteiger partial charge in [0.1, 0.15) is 0 Å². The molecule has 162 valence electrons. The average molecular weight is 450 g/mol. The molecular weight excluding hydrogens is 430 g/mol. The summed E-state index contributed by atoms with van der Waals surface area (Å²) in [5.41, 5.74) is 2.89. The Morgan fingerprint density at radius 3 is 2.72 bits per heavy atom. The Kier molecular flexibility index (Phi) is 4.71. The number of nitrogens with one attached hydrogen (secondary N) is 2. The Morgan fingerprint density at radius 2 is 1.97 bits per heavy atom. The van der Waals surface area contributed by atoms with Gasteiger partial charge in [0.05, 0.1) is 17.5 Å². The lowest BCUT2D eigenvalue weighted by Crippen LogP contribution is -2.23. The van der Waals surface area contributed by atoms with Crippen LogP contribution in [-0.4, -0.2) is 55.2 Å². The summed E-state index contributed by atoms with van der Waals surface area (Å²) in [7, 11) is 0. The average Bonchev–Trinajstić information content (AvgIpc) is 3.34. The van der Waals surface area contributed by atoms with Crippen LogP contribution in [0.4, 0.5) is 12.0 Å². The fourth-order valence-electron chi connectivity index (χ4n) is 4.49.